The van der Waals surface area contributed by atoms with Gasteiger partial charge in [-0.25, -0.2) is 0 Å². The van der Waals surface area contributed by atoms with Crippen LogP contribution in [0.4, 0.5) is 5.69 Å². The second-order valence-electron chi connectivity index (χ2n) is 6.69. The van der Waals surface area contributed by atoms with Crippen LogP contribution in [0.25, 0.3) is 0 Å². The van der Waals surface area contributed by atoms with E-state index in [4.69, 9.17) is 4.99 Å². The number of aliphatic imine (C=N–C) groups is 1. The Morgan fingerprint density at radius 3 is 2.70 bits per heavy atom. The molecule has 0 radical (unpaired) electrons. The standard InChI is InChI=1S/C20H23N3/c1-15-8-9-19-18(12-15)20(16-6-4-3-5-7-16)21-13-17-14-22(2)10-11-23(17)19/h3-9,12,17H,10-11,13-14H2,1-2H3. The van der Waals surface area contributed by atoms with Crippen LogP contribution in [0.3, 0.4) is 0 Å². The molecule has 0 saturated carbocycles. The van der Waals surface area contributed by atoms with E-state index in [-0.39, 0.29) is 0 Å². The molecule has 118 valence electrons. The molecule has 2 heterocycles. The van der Waals surface area contributed by atoms with E-state index < -0.39 is 0 Å². The van der Waals surface area contributed by atoms with Gasteiger partial charge in [0, 0.05) is 36.4 Å². The van der Waals surface area contributed by atoms with Crippen molar-refractivity contribution >= 4 is 11.4 Å². The number of hydrogen-bond acceptors (Lipinski definition) is 3. The summed E-state index contributed by atoms with van der Waals surface area (Å²) in [5.41, 5.74) is 6.27. The summed E-state index contributed by atoms with van der Waals surface area (Å²) in [6, 6.07) is 17.9. The van der Waals surface area contributed by atoms with E-state index in [1.165, 1.54) is 22.4 Å². The van der Waals surface area contributed by atoms with Crippen molar-refractivity contribution in [3.8, 4) is 0 Å². The molecule has 0 amide bonds. The van der Waals surface area contributed by atoms with Crippen molar-refractivity contribution in [2.75, 3.05) is 38.1 Å². The third-order valence-corrected chi connectivity index (χ3v) is 4.91. The van der Waals surface area contributed by atoms with Gasteiger partial charge >= 0.3 is 0 Å². The minimum atomic E-state index is 0.469. The van der Waals surface area contributed by atoms with Gasteiger partial charge in [0.1, 0.15) is 0 Å². The Labute approximate surface area is 138 Å². The van der Waals surface area contributed by atoms with Crippen LogP contribution in [0.15, 0.2) is 53.5 Å². The molecule has 3 nitrogen and oxygen atoms in total. The molecular weight excluding hydrogens is 282 g/mol. The molecule has 23 heavy (non-hydrogen) atoms. The predicted octanol–water partition coefficient (Wildman–Crippen LogP) is 2.97. The first-order valence-corrected chi connectivity index (χ1v) is 8.38. The Morgan fingerprint density at radius 2 is 1.87 bits per heavy atom. The van der Waals surface area contributed by atoms with Crippen molar-refractivity contribution in [1.29, 1.82) is 0 Å². The quantitative estimate of drug-likeness (QED) is 0.806. The zero-order valence-electron chi connectivity index (χ0n) is 13.9. The average molecular weight is 305 g/mol. The molecule has 2 aromatic rings. The summed E-state index contributed by atoms with van der Waals surface area (Å²) in [4.78, 5) is 10.0. The molecule has 3 heteroatoms. The van der Waals surface area contributed by atoms with Crippen molar-refractivity contribution < 1.29 is 0 Å². The minimum absolute atomic E-state index is 0.469. The van der Waals surface area contributed by atoms with E-state index >= 15 is 0 Å². The van der Waals surface area contributed by atoms with Crippen LogP contribution < -0.4 is 4.90 Å². The lowest BCUT2D eigenvalue weighted by atomic mass is 9.98. The zero-order chi connectivity index (χ0) is 15.8. The summed E-state index contributed by atoms with van der Waals surface area (Å²) >= 11 is 0. The van der Waals surface area contributed by atoms with Gasteiger partial charge in [-0.3, -0.25) is 4.99 Å². The molecule has 1 unspecified atom stereocenters. The molecule has 0 N–H and O–H groups in total. The first kappa shape index (κ1) is 14.5. The second kappa shape index (κ2) is 5.82. The highest BCUT2D eigenvalue weighted by Gasteiger charge is 2.30. The predicted molar refractivity (Wildman–Crippen MR) is 96.8 cm³/mol. The summed E-state index contributed by atoms with van der Waals surface area (Å²) in [6.07, 6.45) is 0. The van der Waals surface area contributed by atoms with Crippen molar-refractivity contribution in [2.45, 2.75) is 13.0 Å². The highest BCUT2D eigenvalue weighted by Crippen LogP contribution is 2.31. The van der Waals surface area contributed by atoms with Gasteiger partial charge < -0.3 is 9.80 Å². The number of hydrogen-bond donors (Lipinski definition) is 0. The maximum absolute atomic E-state index is 5.04. The summed E-state index contributed by atoms with van der Waals surface area (Å²) in [5.74, 6) is 0. The fourth-order valence-corrected chi connectivity index (χ4v) is 3.70. The number of aryl methyl sites for hydroxylation is 1. The average Bonchev–Trinajstić information content (AvgIpc) is 2.72. The van der Waals surface area contributed by atoms with Crippen LogP contribution >= 0.6 is 0 Å². The monoisotopic (exact) mass is 305 g/mol. The van der Waals surface area contributed by atoms with Gasteiger partial charge in [-0.15, -0.1) is 0 Å². The molecule has 0 bridgehead atoms. The van der Waals surface area contributed by atoms with Gasteiger partial charge in [-0.05, 0) is 26.1 Å². The molecule has 0 aliphatic carbocycles. The molecule has 0 aromatic heterocycles. The summed E-state index contributed by atoms with van der Waals surface area (Å²) < 4.78 is 0. The first-order chi connectivity index (χ1) is 11.2. The number of piperazine rings is 1. The van der Waals surface area contributed by atoms with E-state index in [0.29, 0.717) is 6.04 Å². The van der Waals surface area contributed by atoms with Crippen LogP contribution in [0.1, 0.15) is 16.7 Å². The molecule has 2 aliphatic heterocycles. The maximum atomic E-state index is 5.04. The highest BCUT2D eigenvalue weighted by molar-refractivity contribution is 6.16. The Hall–Kier alpha value is -2.13. The fraction of sp³-hybridized carbons (Fsp3) is 0.350. The smallest absolute Gasteiger partial charge is 0.0740 e. The summed E-state index contributed by atoms with van der Waals surface area (Å²) in [6.45, 7) is 6.30. The first-order valence-electron chi connectivity index (χ1n) is 8.38. The van der Waals surface area contributed by atoms with Crippen LogP contribution in [0.2, 0.25) is 0 Å². The highest BCUT2D eigenvalue weighted by atomic mass is 15.3. The number of nitrogens with zero attached hydrogens (tertiary/aromatic N) is 3. The van der Waals surface area contributed by atoms with E-state index in [2.05, 4.69) is 72.3 Å². The lowest BCUT2D eigenvalue weighted by Gasteiger charge is -2.40. The third kappa shape index (κ3) is 2.66. The van der Waals surface area contributed by atoms with E-state index in [1.807, 2.05) is 0 Å². The molecule has 1 atom stereocenters. The van der Waals surface area contributed by atoms with Crippen LogP contribution in [0.5, 0.6) is 0 Å². The third-order valence-electron chi connectivity index (χ3n) is 4.91. The maximum Gasteiger partial charge on any atom is 0.0740 e. The SMILES string of the molecule is Cc1ccc2c(c1)C(c1ccccc1)=NCC1CN(C)CCN21. The summed E-state index contributed by atoms with van der Waals surface area (Å²) in [5, 5.41) is 0. The Bertz CT molecular complexity index is 736. The second-order valence-corrected chi connectivity index (χ2v) is 6.69. The number of anilines is 1. The van der Waals surface area contributed by atoms with Gasteiger partial charge in [-0.2, -0.15) is 0 Å². The van der Waals surface area contributed by atoms with E-state index in [1.54, 1.807) is 0 Å². The van der Waals surface area contributed by atoms with Gasteiger partial charge in [-0.1, -0.05) is 42.0 Å². The van der Waals surface area contributed by atoms with Crippen LogP contribution in [-0.4, -0.2) is 49.9 Å². The van der Waals surface area contributed by atoms with Crippen molar-refractivity contribution in [1.82, 2.24) is 4.90 Å². The number of benzene rings is 2. The Balaban J connectivity index is 1.86. The number of fused-ring (bicyclic) bond motifs is 3. The Morgan fingerprint density at radius 1 is 1.04 bits per heavy atom. The number of rotatable bonds is 1. The van der Waals surface area contributed by atoms with Crippen molar-refractivity contribution in [3.05, 3.63) is 65.2 Å². The largest absolute Gasteiger partial charge is 0.364 e. The molecule has 1 fully saturated rings. The lowest BCUT2D eigenvalue weighted by Crippen LogP contribution is -2.53. The summed E-state index contributed by atoms with van der Waals surface area (Å²) in [7, 11) is 2.21. The van der Waals surface area contributed by atoms with Crippen LogP contribution in [-0.2, 0) is 0 Å². The van der Waals surface area contributed by atoms with Crippen molar-refractivity contribution in [2.24, 2.45) is 4.99 Å². The van der Waals surface area contributed by atoms with Gasteiger partial charge in [0.05, 0.1) is 18.3 Å². The molecule has 2 aromatic carbocycles. The minimum Gasteiger partial charge on any atom is -0.364 e. The zero-order valence-corrected chi connectivity index (χ0v) is 13.9. The normalized spacial score (nSPS) is 21.2. The molecular formula is C20H23N3. The van der Waals surface area contributed by atoms with Gasteiger partial charge in [0.15, 0.2) is 0 Å². The molecule has 2 aliphatic rings. The van der Waals surface area contributed by atoms with E-state index in [9.17, 15) is 0 Å². The number of likely N-dealkylation sites (N-methyl/N-ethyl adjacent to an activating group) is 1. The van der Waals surface area contributed by atoms with Gasteiger partial charge in [0.2, 0.25) is 0 Å². The van der Waals surface area contributed by atoms with Crippen molar-refractivity contribution in [3.63, 3.8) is 0 Å². The topological polar surface area (TPSA) is 18.8 Å². The van der Waals surface area contributed by atoms with Gasteiger partial charge in [0.25, 0.3) is 0 Å². The Kier molecular flexibility index (Phi) is 3.66. The molecule has 0 spiro atoms. The molecule has 1 saturated heterocycles. The van der Waals surface area contributed by atoms with E-state index in [0.717, 1.165) is 31.9 Å². The van der Waals surface area contributed by atoms with Crippen LogP contribution in [0, 0.1) is 6.92 Å². The fourth-order valence-electron chi connectivity index (χ4n) is 3.70. The lowest BCUT2D eigenvalue weighted by molar-refractivity contribution is 0.270. The molecule has 4 rings (SSSR count).